The number of nitrogens with two attached hydrogens (primary N) is 1. The molecule has 1 saturated carbocycles. The lowest BCUT2D eigenvalue weighted by Gasteiger charge is -2.49. The number of carbonyl (C=O) groups is 1. The highest BCUT2D eigenvalue weighted by atomic mass is 16.6. The van der Waals surface area contributed by atoms with E-state index in [-0.39, 0.29) is 6.09 Å². The van der Waals surface area contributed by atoms with Crippen LogP contribution in [-0.2, 0) is 4.74 Å². The van der Waals surface area contributed by atoms with Crippen LogP contribution in [0.3, 0.4) is 0 Å². The Balaban J connectivity index is 1.78. The fourth-order valence-electron chi connectivity index (χ4n) is 4.72. The van der Waals surface area contributed by atoms with Crippen LogP contribution in [0.4, 0.5) is 4.79 Å². The molecule has 3 fully saturated rings. The number of piperidine rings is 1. The lowest BCUT2D eigenvalue weighted by atomic mass is 9.65. The van der Waals surface area contributed by atoms with Crippen LogP contribution in [0.25, 0.3) is 0 Å². The molecule has 2 aliphatic heterocycles. The molecule has 4 unspecified atom stereocenters. The molecule has 1 amide bonds. The van der Waals surface area contributed by atoms with Gasteiger partial charge in [-0.2, -0.15) is 0 Å². The minimum absolute atomic E-state index is 0.102. The summed E-state index contributed by atoms with van der Waals surface area (Å²) in [6, 6.07) is 0.729. The van der Waals surface area contributed by atoms with Crippen LogP contribution in [0.5, 0.6) is 0 Å². The second-order valence-corrected chi connectivity index (χ2v) is 8.19. The lowest BCUT2D eigenvalue weighted by Crippen LogP contribution is -2.56. The van der Waals surface area contributed by atoms with Crippen molar-refractivity contribution < 1.29 is 9.53 Å². The Labute approximate surface area is 128 Å². The lowest BCUT2D eigenvalue weighted by molar-refractivity contribution is -0.0314. The molecule has 2 heterocycles. The van der Waals surface area contributed by atoms with Crippen LogP contribution in [0, 0.1) is 17.8 Å². The van der Waals surface area contributed by atoms with Gasteiger partial charge < -0.3 is 15.4 Å². The smallest absolute Gasteiger partial charge is 0.410 e. The molecule has 4 atom stereocenters. The van der Waals surface area contributed by atoms with Crippen LogP contribution in [0.15, 0.2) is 0 Å². The van der Waals surface area contributed by atoms with Gasteiger partial charge in [0.1, 0.15) is 5.60 Å². The normalized spacial score (nSPS) is 36.5. The highest BCUT2D eigenvalue weighted by molar-refractivity contribution is 5.69. The number of hydrogen-bond acceptors (Lipinski definition) is 3. The summed E-state index contributed by atoms with van der Waals surface area (Å²) in [5.74, 6) is 1.99. The Hall–Kier alpha value is -0.770. The fourth-order valence-corrected chi connectivity index (χ4v) is 4.72. The van der Waals surface area contributed by atoms with Crippen molar-refractivity contribution in [2.45, 2.75) is 77.0 Å². The molecule has 21 heavy (non-hydrogen) atoms. The van der Waals surface area contributed by atoms with Crippen molar-refractivity contribution in [3.63, 3.8) is 0 Å². The summed E-state index contributed by atoms with van der Waals surface area (Å²) in [6.45, 7) is 6.62. The van der Waals surface area contributed by atoms with Gasteiger partial charge in [-0.1, -0.05) is 19.3 Å². The molecule has 0 aromatic rings. The number of ether oxygens (including phenoxy) is 1. The van der Waals surface area contributed by atoms with E-state index < -0.39 is 5.60 Å². The number of rotatable bonds is 2. The van der Waals surface area contributed by atoms with Gasteiger partial charge in [-0.05, 0) is 64.3 Å². The van der Waals surface area contributed by atoms with E-state index in [1.165, 1.54) is 19.3 Å². The molecule has 0 spiro atoms. The Morgan fingerprint density at radius 2 is 1.95 bits per heavy atom. The van der Waals surface area contributed by atoms with Crippen LogP contribution < -0.4 is 5.73 Å². The van der Waals surface area contributed by atoms with Crippen molar-refractivity contribution in [1.82, 2.24) is 4.90 Å². The highest BCUT2D eigenvalue weighted by Gasteiger charge is 2.52. The van der Waals surface area contributed by atoms with Crippen molar-refractivity contribution >= 4 is 6.09 Å². The third kappa shape index (κ3) is 2.79. The minimum atomic E-state index is -0.410. The predicted molar refractivity (Wildman–Crippen MR) is 82.9 cm³/mol. The Morgan fingerprint density at radius 3 is 2.48 bits per heavy atom. The number of amides is 1. The zero-order valence-electron chi connectivity index (χ0n) is 13.7. The molecule has 3 aliphatic rings. The average Bonchev–Trinajstić information content (AvgIpc) is 2.64. The van der Waals surface area contributed by atoms with Gasteiger partial charge in [0.25, 0.3) is 0 Å². The van der Waals surface area contributed by atoms with E-state index >= 15 is 0 Å². The zero-order valence-corrected chi connectivity index (χ0v) is 13.7. The summed E-state index contributed by atoms with van der Waals surface area (Å²) in [5.41, 5.74) is 5.64. The van der Waals surface area contributed by atoms with Crippen LogP contribution in [-0.4, -0.2) is 35.2 Å². The van der Waals surface area contributed by atoms with Crippen molar-refractivity contribution in [2.24, 2.45) is 23.5 Å². The van der Waals surface area contributed by atoms with Crippen LogP contribution in [0.2, 0.25) is 0 Å². The summed E-state index contributed by atoms with van der Waals surface area (Å²) in [5, 5.41) is 0. The molecule has 2 saturated heterocycles. The van der Waals surface area contributed by atoms with E-state index in [4.69, 9.17) is 10.5 Å². The molecule has 4 nitrogen and oxygen atoms in total. The van der Waals surface area contributed by atoms with Gasteiger partial charge in [0.15, 0.2) is 0 Å². The van der Waals surface area contributed by atoms with Crippen molar-refractivity contribution in [2.75, 3.05) is 6.54 Å². The summed E-state index contributed by atoms with van der Waals surface area (Å²) in [7, 11) is 0. The molecule has 120 valence electrons. The Morgan fingerprint density at radius 1 is 1.24 bits per heavy atom. The number of fused-ring (bicyclic) bond motifs is 2. The second kappa shape index (κ2) is 5.45. The van der Waals surface area contributed by atoms with Gasteiger partial charge in [-0.15, -0.1) is 0 Å². The molecule has 3 rings (SSSR count). The van der Waals surface area contributed by atoms with E-state index in [1.807, 2.05) is 20.8 Å². The van der Waals surface area contributed by atoms with E-state index in [9.17, 15) is 4.79 Å². The van der Waals surface area contributed by atoms with Crippen molar-refractivity contribution in [3.05, 3.63) is 0 Å². The summed E-state index contributed by atoms with van der Waals surface area (Å²) >= 11 is 0. The first-order valence-corrected chi connectivity index (χ1v) is 8.62. The molecule has 1 aliphatic carbocycles. The van der Waals surface area contributed by atoms with Gasteiger partial charge in [0.2, 0.25) is 0 Å². The SMILES string of the molecule is CC(C)(C)OC(=O)N1C2CCC1C(C1CCC1)C(CN)C2. The number of hydrogen-bond donors (Lipinski definition) is 1. The van der Waals surface area contributed by atoms with Gasteiger partial charge in [0, 0.05) is 12.1 Å². The molecule has 4 heteroatoms. The van der Waals surface area contributed by atoms with Gasteiger partial charge >= 0.3 is 6.09 Å². The first-order chi connectivity index (χ1) is 9.90. The first kappa shape index (κ1) is 15.1. The van der Waals surface area contributed by atoms with E-state index in [2.05, 4.69) is 4.90 Å². The summed E-state index contributed by atoms with van der Waals surface area (Å²) in [6.07, 6.45) is 7.24. The maximum absolute atomic E-state index is 12.6. The van der Waals surface area contributed by atoms with Gasteiger partial charge in [-0.3, -0.25) is 0 Å². The predicted octanol–water partition coefficient (Wildman–Crippen LogP) is 3.15. The monoisotopic (exact) mass is 294 g/mol. The van der Waals surface area contributed by atoms with Gasteiger partial charge in [-0.25, -0.2) is 4.79 Å². The minimum Gasteiger partial charge on any atom is -0.444 e. The van der Waals surface area contributed by atoms with Crippen LogP contribution in [0.1, 0.15) is 59.3 Å². The molecule has 0 radical (unpaired) electrons. The largest absolute Gasteiger partial charge is 0.444 e. The quantitative estimate of drug-likeness (QED) is 0.851. The number of carbonyl (C=O) groups excluding carboxylic acids is 1. The molecular weight excluding hydrogens is 264 g/mol. The zero-order chi connectivity index (χ0) is 15.2. The maximum Gasteiger partial charge on any atom is 0.410 e. The Bertz CT molecular complexity index is 400. The molecular formula is C17H30N2O2. The van der Waals surface area contributed by atoms with Crippen molar-refractivity contribution in [3.8, 4) is 0 Å². The summed E-state index contributed by atoms with van der Waals surface area (Å²) < 4.78 is 5.66. The molecule has 0 aromatic carbocycles. The van der Waals surface area contributed by atoms with E-state index in [0.29, 0.717) is 23.9 Å². The summed E-state index contributed by atoms with van der Waals surface area (Å²) in [4.78, 5) is 14.7. The van der Waals surface area contributed by atoms with Crippen molar-refractivity contribution in [1.29, 1.82) is 0 Å². The fraction of sp³-hybridized carbons (Fsp3) is 0.941. The number of nitrogens with zero attached hydrogens (tertiary/aromatic N) is 1. The second-order valence-electron chi connectivity index (χ2n) is 8.19. The molecule has 0 aromatic heterocycles. The van der Waals surface area contributed by atoms with Gasteiger partial charge in [0.05, 0.1) is 0 Å². The topological polar surface area (TPSA) is 55.6 Å². The van der Waals surface area contributed by atoms with E-state index in [0.717, 1.165) is 31.7 Å². The average molecular weight is 294 g/mol. The van der Waals surface area contributed by atoms with Crippen LogP contribution >= 0.6 is 0 Å². The molecule has 2 N–H and O–H groups in total. The highest BCUT2D eigenvalue weighted by Crippen LogP contribution is 2.50. The Kier molecular flexibility index (Phi) is 3.93. The first-order valence-electron chi connectivity index (χ1n) is 8.62. The third-order valence-electron chi connectivity index (χ3n) is 5.71. The molecule has 2 bridgehead atoms. The van der Waals surface area contributed by atoms with E-state index in [1.54, 1.807) is 0 Å². The maximum atomic E-state index is 12.6. The standard InChI is InChI=1S/C17H30N2O2/c1-17(2,3)21-16(20)19-13-7-8-14(19)15(11-5-4-6-11)12(9-13)10-18/h11-15H,4-10,18H2,1-3H3. The third-order valence-corrected chi connectivity index (χ3v) is 5.71.